The van der Waals surface area contributed by atoms with Crippen molar-refractivity contribution >= 4 is 26.5 Å². The van der Waals surface area contributed by atoms with Gasteiger partial charge in [0.1, 0.15) is 5.69 Å². The summed E-state index contributed by atoms with van der Waals surface area (Å²) in [5.41, 5.74) is 6.05. The van der Waals surface area contributed by atoms with Crippen LogP contribution in [0.2, 0.25) is 6.32 Å². The largest absolute Gasteiger partial charge is 0.307 e. The molecule has 2 aromatic carbocycles. The molecule has 2 heterocycles. The van der Waals surface area contributed by atoms with Crippen LogP contribution in [0.4, 0.5) is 5.69 Å². The summed E-state index contributed by atoms with van der Waals surface area (Å²) in [5.74, 6) is 0.123. The minimum Gasteiger partial charge on any atom is -0.307 e. The van der Waals surface area contributed by atoms with E-state index < -0.39 is 0 Å². The second kappa shape index (κ2) is 8.68. The first kappa shape index (κ1) is 19.5. The number of nitrogens with zero attached hydrogens (tertiary/aromatic N) is 4. The Morgan fingerprint density at radius 2 is 1.86 bits per heavy atom. The zero-order chi connectivity index (χ0) is 20.2. The Balaban J connectivity index is 1.89. The molecule has 7 heteroatoms. The van der Waals surface area contributed by atoms with Crippen LogP contribution in [-0.2, 0) is 17.9 Å². The Morgan fingerprint density at radius 1 is 1.10 bits per heavy atom. The monoisotopic (exact) mass is 384 g/mol. The van der Waals surface area contributed by atoms with E-state index in [4.69, 9.17) is 0 Å². The highest BCUT2D eigenvalue weighted by molar-refractivity contribution is 6.89. The van der Waals surface area contributed by atoms with Crippen molar-refractivity contribution in [3.8, 4) is 22.5 Å². The number of anilines is 1. The molecule has 0 atom stereocenters. The standard InChI is InChI=1S/C22H26B2N4O/c1-2-20(29)27-15-16-9-3-4-10-17(16)21-22(18-11-5-6-12-19(18)27)28(26-25-21)14-8-7-13-24-23/h3-6,9-12,24H,2,7-8,13-15,23H2,1H3. The van der Waals surface area contributed by atoms with Gasteiger partial charge in [-0.15, -0.1) is 5.10 Å². The summed E-state index contributed by atoms with van der Waals surface area (Å²) in [6, 6.07) is 16.4. The van der Waals surface area contributed by atoms with Gasteiger partial charge in [-0.05, 0) is 18.1 Å². The van der Waals surface area contributed by atoms with Crippen molar-refractivity contribution in [3.05, 3.63) is 54.1 Å². The third kappa shape index (κ3) is 3.74. The molecule has 0 unspecified atom stereocenters. The first-order valence-corrected chi connectivity index (χ1v) is 10.7. The quantitative estimate of drug-likeness (QED) is 0.485. The van der Waals surface area contributed by atoms with E-state index in [0.29, 0.717) is 13.0 Å². The number of fused-ring (bicyclic) bond motifs is 5. The van der Waals surface area contributed by atoms with Gasteiger partial charge in [0.2, 0.25) is 5.91 Å². The number of hydrogen-bond donors (Lipinski definition) is 0. The normalized spacial score (nSPS) is 12.4. The lowest BCUT2D eigenvalue weighted by molar-refractivity contribution is -0.118. The van der Waals surface area contributed by atoms with Crippen LogP contribution in [0.1, 0.15) is 31.7 Å². The molecule has 0 radical (unpaired) electrons. The summed E-state index contributed by atoms with van der Waals surface area (Å²) in [5, 5.41) is 9.13. The Bertz CT molecular complexity index is 1020. The van der Waals surface area contributed by atoms with E-state index in [0.717, 1.165) is 46.7 Å². The average molecular weight is 384 g/mol. The van der Waals surface area contributed by atoms with E-state index in [2.05, 4.69) is 36.2 Å². The summed E-state index contributed by atoms with van der Waals surface area (Å²) in [6.07, 6.45) is 3.96. The number of unbranched alkanes of at least 4 members (excludes halogenated alkanes) is 1. The van der Waals surface area contributed by atoms with Crippen molar-refractivity contribution in [2.45, 2.75) is 45.6 Å². The molecule has 146 valence electrons. The predicted octanol–water partition coefficient (Wildman–Crippen LogP) is 3.05. The molecule has 4 rings (SSSR count). The first-order valence-electron chi connectivity index (χ1n) is 10.7. The van der Waals surface area contributed by atoms with E-state index in [1.165, 1.54) is 19.9 Å². The summed E-state index contributed by atoms with van der Waals surface area (Å²) in [4.78, 5) is 14.8. The predicted molar refractivity (Wildman–Crippen MR) is 122 cm³/mol. The number of aryl methyl sites for hydroxylation is 1. The summed E-state index contributed by atoms with van der Waals surface area (Å²) in [7, 11) is 3.43. The van der Waals surface area contributed by atoms with E-state index in [-0.39, 0.29) is 5.91 Å². The first-order chi connectivity index (χ1) is 14.2. The van der Waals surface area contributed by atoms with Gasteiger partial charge in [-0.1, -0.05) is 67.3 Å². The van der Waals surface area contributed by atoms with E-state index >= 15 is 0 Å². The van der Waals surface area contributed by atoms with Crippen LogP contribution in [0.25, 0.3) is 22.5 Å². The highest BCUT2D eigenvalue weighted by Crippen LogP contribution is 2.41. The smallest absolute Gasteiger partial charge is 0.227 e. The van der Waals surface area contributed by atoms with Gasteiger partial charge >= 0.3 is 0 Å². The Morgan fingerprint density at radius 3 is 2.66 bits per heavy atom. The van der Waals surface area contributed by atoms with E-state index in [1.807, 2.05) is 46.8 Å². The van der Waals surface area contributed by atoms with Gasteiger partial charge in [-0.3, -0.25) is 4.79 Å². The maximum Gasteiger partial charge on any atom is 0.227 e. The number of rotatable bonds is 6. The third-order valence-electron chi connectivity index (χ3n) is 5.61. The van der Waals surface area contributed by atoms with Crippen LogP contribution >= 0.6 is 0 Å². The molecule has 0 N–H and O–H groups in total. The lowest BCUT2D eigenvalue weighted by Gasteiger charge is -2.28. The van der Waals surface area contributed by atoms with Gasteiger partial charge in [-0.2, -0.15) is 0 Å². The fourth-order valence-corrected chi connectivity index (χ4v) is 4.07. The number of amides is 1. The maximum atomic E-state index is 12.9. The average Bonchev–Trinajstić information content (AvgIpc) is 3.16. The highest BCUT2D eigenvalue weighted by atomic mass is 16.2. The number of hydrogen-bond acceptors (Lipinski definition) is 3. The van der Waals surface area contributed by atoms with Crippen LogP contribution in [0, 0.1) is 0 Å². The molecule has 0 saturated heterocycles. The van der Waals surface area contributed by atoms with Gasteiger partial charge in [0, 0.05) is 24.1 Å². The van der Waals surface area contributed by atoms with Gasteiger partial charge in [-0.25, -0.2) is 4.68 Å². The number of para-hydroxylation sites is 1. The summed E-state index contributed by atoms with van der Waals surface area (Å²) >= 11 is 0. The van der Waals surface area contributed by atoms with E-state index in [1.54, 1.807) is 0 Å². The molecule has 1 amide bonds. The third-order valence-corrected chi connectivity index (χ3v) is 5.61. The Hall–Kier alpha value is -2.82. The highest BCUT2D eigenvalue weighted by Gasteiger charge is 2.28. The fraction of sp³-hybridized carbons (Fsp3) is 0.318. The van der Waals surface area contributed by atoms with Gasteiger partial charge in [0.15, 0.2) is 0 Å². The zero-order valence-electron chi connectivity index (χ0n) is 17.3. The van der Waals surface area contributed by atoms with E-state index in [9.17, 15) is 4.79 Å². The van der Waals surface area contributed by atoms with Crippen molar-refractivity contribution in [2.75, 3.05) is 4.90 Å². The molecule has 1 aromatic heterocycles. The number of aromatic nitrogens is 3. The van der Waals surface area contributed by atoms with Crippen LogP contribution in [0.3, 0.4) is 0 Å². The van der Waals surface area contributed by atoms with Crippen LogP contribution < -0.4 is 4.90 Å². The molecule has 0 spiro atoms. The molecule has 0 saturated carbocycles. The van der Waals surface area contributed by atoms with Crippen molar-refractivity contribution < 1.29 is 4.79 Å². The molecule has 0 fully saturated rings. The summed E-state index contributed by atoms with van der Waals surface area (Å²) < 4.78 is 2.03. The lowest BCUT2D eigenvalue weighted by Crippen LogP contribution is -2.31. The number of carbonyl (C=O) groups excluding carboxylic acids is 1. The second-order valence-electron chi connectivity index (χ2n) is 7.58. The van der Waals surface area contributed by atoms with Gasteiger partial charge < -0.3 is 4.90 Å². The summed E-state index contributed by atoms with van der Waals surface area (Å²) in [6.45, 7) is 3.30. The van der Waals surface area contributed by atoms with Gasteiger partial charge in [0.25, 0.3) is 0 Å². The molecular formula is C22H26B2N4O. The van der Waals surface area contributed by atoms with Gasteiger partial charge in [0.05, 0.1) is 32.8 Å². The maximum absolute atomic E-state index is 12.9. The van der Waals surface area contributed by atoms with Crippen molar-refractivity contribution in [2.24, 2.45) is 0 Å². The van der Waals surface area contributed by atoms with Crippen molar-refractivity contribution in [1.82, 2.24) is 15.0 Å². The minimum absolute atomic E-state index is 0.123. The lowest BCUT2D eigenvalue weighted by atomic mass is 9.53. The molecule has 3 aromatic rings. The second-order valence-corrected chi connectivity index (χ2v) is 7.58. The SMILES string of the molecule is BBCCCCn1nnc2c1-c1ccccc1N(C(=O)CC)Cc1ccccc1-2. The molecule has 5 nitrogen and oxygen atoms in total. The zero-order valence-corrected chi connectivity index (χ0v) is 17.3. The fourth-order valence-electron chi connectivity index (χ4n) is 4.07. The molecule has 29 heavy (non-hydrogen) atoms. The van der Waals surface area contributed by atoms with Crippen molar-refractivity contribution in [3.63, 3.8) is 0 Å². The van der Waals surface area contributed by atoms with Crippen LogP contribution in [-0.4, -0.2) is 35.8 Å². The molecular weight excluding hydrogens is 358 g/mol. The van der Waals surface area contributed by atoms with Crippen molar-refractivity contribution in [1.29, 1.82) is 0 Å². The Kier molecular flexibility index (Phi) is 5.84. The van der Waals surface area contributed by atoms with Crippen LogP contribution in [0.5, 0.6) is 0 Å². The Labute approximate surface area is 173 Å². The molecule has 1 aliphatic heterocycles. The molecule has 1 aliphatic rings. The number of benzene rings is 2. The molecule has 0 bridgehead atoms. The molecule has 0 aliphatic carbocycles. The number of carbonyl (C=O) groups is 1. The topological polar surface area (TPSA) is 51.0 Å². The van der Waals surface area contributed by atoms with Crippen LogP contribution in [0.15, 0.2) is 48.5 Å². The minimum atomic E-state index is 0.123.